The standard InChI is InChI=1S/C24H24N2O6/c1-4-12-31-18-10-7-17(8-11-18)26-23(28)20(22(27)25-24(26)29)14-16-6-9-19(30-3)15-21(16)32-13-5-2/h5-11,14-15H,2,4,12-13H2,1,3H3,(H,25,27,29)/b20-14-. The topological polar surface area (TPSA) is 94.2 Å². The normalized spacial score (nSPS) is 14.9. The molecule has 0 bridgehead atoms. The van der Waals surface area contributed by atoms with E-state index in [1.54, 1.807) is 48.5 Å². The molecule has 166 valence electrons. The summed E-state index contributed by atoms with van der Waals surface area (Å²) in [5.41, 5.74) is 0.584. The number of nitrogens with one attached hydrogen (secondary N) is 1. The summed E-state index contributed by atoms with van der Waals surface area (Å²) in [4.78, 5) is 38.9. The lowest BCUT2D eigenvalue weighted by Gasteiger charge is -2.26. The zero-order chi connectivity index (χ0) is 23.1. The van der Waals surface area contributed by atoms with Crippen LogP contribution in [0.2, 0.25) is 0 Å². The van der Waals surface area contributed by atoms with E-state index in [1.807, 2.05) is 6.92 Å². The number of nitrogens with zero attached hydrogens (tertiary/aromatic N) is 1. The summed E-state index contributed by atoms with van der Waals surface area (Å²) in [5.74, 6) is 0.0386. The first-order valence-corrected chi connectivity index (χ1v) is 10.0. The molecule has 2 aromatic rings. The summed E-state index contributed by atoms with van der Waals surface area (Å²) in [6.07, 6.45) is 3.81. The zero-order valence-electron chi connectivity index (χ0n) is 17.9. The molecule has 1 aliphatic rings. The number of rotatable bonds is 9. The molecule has 0 radical (unpaired) electrons. The number of amides is 4. The van der Waals surface area contributed by atoms with Crippen molar-refractivity contribution in [2.75, 3.05) is 25.2 Å². The Morgan fingerprint density at radius 3 is 2.41 bits per heavy atom. The van der Waals surface area contributed by atoms with Gasteiger partial charge >= 0.3 is 6.03 Å². The van der Waals surface area contributed by atoms with Crippen molar-refractivity contribution in [3.8, 4) is 17.2 Å². The van der Waals surface area contributed by atoms with Crippen molar-refractivity contribution in [1.29, 1.82) is 0 Å². The summed E-state index contributed by atoms with van der Waals surface area (Å²) < 4.78 is 16.4. The highest BCUT2D eigenvalue weighted by molar-refractivity contribution is 6.39. The lowest BCUT2D eigenvalue weighted by Crippen LogP contribution is -2.54. The van der Waals surface area contributed by atoms with Gasteiger partial charge in [-0.3, -0.25) is 14.9 Å². The van der Waals surface area contributed by atoms with Crippen molar-refractivity contribution in [3.63, 3.8) is 0 Å². The monoisotopic (exact) mass is 436 g/mol. The molecule has 2 aromatic carbocycles. The molecule has 0 aliphatic carbocycles. The fourth-order valence-electron chi connectivity index (χ4n) is 2.99. The number of hydrogen-bond donors (Lipinski definition) is 1. The molecule has 4 amide bonds. The molecule has 0 saturated carbocycles. The van der Waals surface area contributed by atoms with Gasteiger partial charge in [-0.05, 0) is 48.9 Å². The van der Waals surface area contributed by atoms with Crippen LogP contribution in [0.3, 0.4) is 0 Å². The highest BCUT2D eigenvalue weighted by atomic mass is 16.5. The number of barbiturate groups is 1. The number of hydrogen-bond acceptors (Lipinski definition) is 6. The Labute approximate surface area is 186 Å². The number of carbonyl (C=O) groups excluding carboxylic acids is 3. The molecule has 0 aromatic heterocycles. The number of methoxy groups -OCH3 is 1. The van der Waals surface area contributed by atoms with Crippen molar-refractivity contribution in [1.82, 2.24) is 5.32 Å². The number of benzene rings is 2. The van der Waals surface area contributed by atoms with Gasteiger partial charge in [0.2, 0.25) is 0 Å². The van der Waals surface area contributed by atoms with Crippen LogP contribution in [0.1, 0.15) is 18.9 Å². The fourth-order valence-corrected chi connectivity index (χ4v) is 2.99. The minimum atomic E-state index is -0.822. The van der Waals surface area contributed by atoms with E-state index in [0.29, 0.717) is 35.1 Å². The Morgan fingerprint density at radius 2 is 1.75 bits per heavy atom. The third-order valence-electron chi connectivity index (χ3n) is 4.55. The Kier molecular flexibility index (Phi) is 7.28. The largest absolute Gasteiger partial charge is 0.497 e. The number of ether oxygens (including phenoxy) is 3. The van der Waals surface area contributed by atoms with Crippen LogP contribution < -0.4 is 24.4 Å². The lowest BCUT2D eigenvalue weighted by molar-refractivity contribution is -0.122. The molecular weight excluding hydrogens is 412 g/mol. The van der Waals surface area contributed by atoms with E-state index in [-0.39, 0.29) is 12.2 Å². The maximum absolute atomic E-state index is 13.1. The first-order valence-electron chi connectivity index (χ1n) is 10.0. The predicted octanol–water partition coefficient (Wildman–Crippen LogP) is 3.72. The van der Waals surface area contributed by atoms with Crippen molar-refractivity contribution < 1.29 is 28.6 Å². The van der Waals surface area contributed by atoms with E-state index in [9.17, 15) is 14.4 Å². The molecule has 1 heterocycles. The van der Waals surface area contributed by atoms with E-state index in [1.165, 1.54) is 13.2 Å². The second-order valence-corrected chi connectivity index (χ2v) is 6.80. The van der Waals surface area contributed by atoms with E-state index in [2.05, 4.69) is 11.9 Å². The van der Waals surface area contributed by atoms with Gasteiger partial charge < -0.3 is 14.2 Å². The van der Waals surface area contributed by atoms with Crippen LogP contribution in [0.25, 0.3) is 6.08 Å². The van der Waals surface area contributed by atoms with Crippen LogP contribution in [0, 0.1) is 0 Å². The average molecular weight is 436 g/mol. The Balaban J connectivity index is 1.94. The van der Waals surface area contributed by atoms with Crippen molar-refractivity contribution in [2.45, 2.75) is 13.3 Å². The number of carbonyl (C=O) groups is 3. The van der Waals surface area contributed by atoms with Crippen LogP contribution in [0.4, 0.5) is 10.5 Å². The molecule has 8 nitrogen and oxygen atoms in total. The minimum absolute atomic E-state index is 0.204. The Morgan fingerprint density at radius 1 is 1.03 bits per heavy atom. The summed E-state index contributed by atoms with van der Waals surface area (Å²) >= 11 is 0. The quantitative estimate of drug-likeness (QED) is 0.366. The number of urea groups is 1. The molecule has 0 unspecified atom stereocenters. The van der Waals surface area contributed by atoms with Gasteiger partial charge in [-0.1, -0.05) is 19.6 Å². The van der Waals surface area contributed by atoms with Crippen LogP contribution in [-0.4, -0.2) is 38.2 Å². The van der Waals surface area contributed by atoms with Crippen LogP contribution in [-0.2, 0) is 9.59 Å². The van der Waals surface area contributed by atoms with Gasteiger partial charge in [-0.2, -0.15) is 0 Å². The van der Waals surface area contributed by atoms with E-state index in [0.717, 1.165) is 11.3 Å². The molecule has 1 saturated heterocycles. The van der Waals surface area contributed by atoms with Gasteiger partial charge in [-0.25, -0.2) is 9.69 Å². The van der Waals surface area contributed by atoms with E-state index in [4.69, 9.17) is 14.2 Å². The molecule has 0 spiro atoms. The first kappa shape index (κ1) is 22.6. The van der Waals surface area contributed by atoms with Crippen molar-refractivity contribution in [2.24, 2.45) is 0 Å². The third kappa shape index (κ3) is 4.97. The lowest BCUT2D eigenvalue weighted by atomic mass is 10.1. The van der Waals surface area contributed by atoms with Gasteiger partial charge in [0.15, 0.2) is 0 Å². The SMILES string of the molecule is C=CCOc1cc(OC)ccc1/C=C1/C(=O)NC(=O)N(c2ccc(OCCC)cc2)C1=O. The summed E-state index contributed by atoms with van der Waals surface area (Å²) in [7, 11) is 1.52. The van der Waals surface area contributed by atoms with Gasteiger partial charge in [-0.15, -0.1) is 0 Å². The van der Waals surface area contributed by atoms with Gasteiger partial charge in [0.05, 0.1) is 19.4 Å². The number of anilines is 1. The second kappa shape index (κ2) is 10.3. The molecule has 0 atom stereocenters. The first-order chi connectivity index (χ1) is 15.5. The average Bonchev–Trinajstić information content (AvgIpc) is 2.80. The molecule has 1 N–H and O–H groups in total. The van der Waals surface area contributed by atoms with Crippen molar-refractivity contribution >= 4 is 29.6 Å². The molecule has 8 heteroatoms. The summed E-state index contributed by atoms with van der Waals surface area (Å²) in [5, 5.41) is 2.21. The molecule has 1 aliphatic heterocycles. The maximum atomic E-state index is 13.1. The molecule has 1 fully saturated rings. The maximum Gasteiger partial charge on any atom is 0.335 e. The highest BCUT2D eigenvalue weighted by Gasteiger charge is 2.37. The van der Waals surface area contributed by atoms with Gasteiger partial charge in [0.1, 0.15) is 29.4 Å². The fraction of sp³-hybridized carbons (Fsp3) is 0.208. The molecule has 32 heavy (non-hydrogen) atoms. The second-order valence-electron chi connectivity index (χ2n) is 6.80. The van der Waals surface area contributed by atoms with Gasteiger partial charge in [0.25, 0.3) is 11.8 Å². The van der Waals surface area contributed by atoms with Crippen molar-refractivity contribution in [3.05, 3.63) is 66.3 Å². The summed E-state index contributed by atoms with van der Waals surface area (Å²) in [6, 6.07) is 10.6. The van der Waals surface area contributed by atoms with Gasteiger partial charge in [0, 0.05) is 11.6 Å². The van der Waals surface area contributed by atoms with Crippen LogP contribution in [0.15, 0.2) is 60.7 Å². The highest BCUT2D eigenvalue weighted by Crippen LogP contribution is 2.29. The Hall–Kier alpha value is -4.07. The predicted molar refractivity (Wildman–Crippen MR) is 120 cm³/mol. The Bertz CT molecular complexity index is 1060. The smallest absolute Gasteiger partial charge is 0.335 e. The van der Waals surface area contributed by atoms with Crippen LogP contribution >= 0.6 is 0 Å². The van der Waals surface area contributed by atoms with E-state index < -0.39 is 17.8 Å². The number of imide groups is 2. The van der Waals surface area contributed by atoms with Crippen LogP contribution in [0.5, 0.6) is 17.2 Å². The minimum Gasteiger partial charge on any atom is -0.497 e. The third-order valence-corrected chi connectivity index (χ3v) is 4.55. The summed E-state index contributed by atoms with van der Waals surface area (Å²) in [6.45, 7) is 6.39. The molecular formula is C24H24N2O6. The van der Waals surface area contributed by atoms with E-state index >= 15 is 0 Å². The zero-order valence-corrected chi connectivity index (χ0v) is 17.9. The molecule has 3 rings (SSSR count).